The van der Waals surface area contributed by atoms with E-state index < -0.39 is 28.6 Å². The Bertz CT molecular complexity index is 456. The molecule has 0 spiro atoms. The van der Waals surface area contributed by atoms with Crippen LogP contribution in [0.3, 0.4) is 0 Å². The van der Waals surface area contributed by atoms with Gasteiger partial charge in [-0.1, -0.05) is 11.6 Å². The summed E-state index contributed by atoms with van der Waals surface area (Å²) in [5, 5.41) is 8.09. The highest BCUT2D eigenvalue weighted by molar-refractivity contribution is 6.32. The van der Waals surface area contributed by atoms with Gasteiger partial charge in [0.25, 0.3) is 12.3 Å². The van der Waals surface area contributed by atoms with Crippen LogP contribution >= 0.6 is 11.6 Å². The number of nitrogens with zero attached hydrogens (tertiary/aromatic N) is 2. The number of alkyl halides is 2. The zero-order valence-electron chi connectivity index (χ0n) is 7.17. The normalized spacial score (nSPS) is 10.1. The molecule has 1 aromatic heterocycles. The lowest BCUT2D eigenvalue weighted by atomic mass is 10.1. The molecule has 0 aliphatic carbocycles. The van der Waals surface area contributed by atoms with Crippen molar-refractivity contribution in [3.63, 3.8) is 0 Å². The zero-order chi connectivity index (χ0) is 11.6. The molecule has 4 nitrogen and oxygen atoms in total. The van der Waals surface area contributed by atoms with E-state index in [4.69, 9.17) is 22.6 Å². The molecule has 1 rings (SSSR count). The topological polar surface area (TPSA) is 79.8 Å². The van der Waals surface area contributed by atoms with Gasteiger partial charge in [-0.25, -0.2) is 13.8 Å². The van der Waals surface area contributed by atoms with Gasteiger partial charge in [0.05, 0.1) is 10.6 Å². The van der Waals surface area contributed by atoms with Crippen molar-refractivity contribution in [2.24, 2.45) is 5.73 Å². The molecule has 0 bridgehead atoms. The Hall–Kier alpha value is -1.74. The van der Waals surface area contributed by atoms with Gasteiger partial charge in [-0.3, -0.25) is 4.79 Å². The molecule has 1 heterocycles. The van der Waals surface area contributed by atoms with E-state index in [0.29, 0.717) is 0 Å². The summed E-state index contributed by atoms with van der Waals surface area (Å²) in [7, 11) is 0. The van der Waals surface area contributed by atoms with Crippen LogP contribution in [0.4, 0.5) is 8.78 Å². The van der Waals surface area contributed by atoms with Gasteiger partial charge in [0.15, 0.2) is 0 Å². The average molecular weight is 232 g/mol. The number of hydrogen-bond acceptors (Lipinski definition) is 3. The summed E-state index contributed by atoms with van der Waals surface area (Å²) < 4.78 is 24.9. The standard InChI is InChI=1S/C8H4ClF2N3O/c9-4-1-3(2-12)14-6(8(13)15)5(4)7(10)11/h1,7H,(H2,13,15). The lowest BCUT2D eigenvalue weighted by Gasteiger charge is -2.07. The summed E-state index contributed by atoms with van der Waals surface area (Å²) in [6.45, 7) is 0. The lowest BCUT2D eigenvalue weighted by Crippen LogP contribution is -2.17. The van der Waals surface area contributed by atoms with Crippen LogP contribution in [0.1, 0.15) is 28.2 Å². The van der Waals surface area contributed by atoms with E-state index in [-0.39, 0.29) is 5.69 Å². The first-order valence-electron chi connectivity index (χ1n) is 3.66. The Labute approximate surface area is 88.3 Å². The first-order chi connectivity index (χ1) is 6.97. The first-order valence-corrected chi connectivity index (χ1v) is 4.03. The van der Waals surface area contributed by atoms with Gasteiger partial charge >= 0.3 is 0 Å². The highest BCUT2D eigenvalue weighted by Crippen LogP contribution is 2.29. The molecule has 0 aliphatic rings. The molecular formula is C8H4ClF2N3O. The number of pyridine rings is 1. The Balaban J connectivity index is 3.51. The largest absolute Gasteiger partial charge is 0.364 e. The van der Waals surface area contributed by atoms with Crippen LogP contribution in [0, 0.1) is 11.3 Å². The maximum atomic E-state index is 12.5. The van der Waals surface area contributed by atoms with Crippen LogP contribution in [0.25, 0.3) is 0 Å². The van der Waals surface area contributed by atoms with Gasteiger partial charge in [0.2, 0.25) is 0 Å². The Morgan fingerprint density at radius 3 is 2.67 bits per heavy atom. The van der Waals surface area contributed by atoms with Gasteiger partial charge in [0, 0.05) is 0 Å². The molecule has 0 radical (unpaired) electrons. The molecule has 0 aliphatic heterocycles. The number of carbonyl (C=O) groups is 1. The predicted molar refractivity (Wildman–Crippen MR) is 47.4 cm³/mol. The molecule has 0 atom stereocenters. The van der Waals surface area contributed by atoms with E-state index in [9.17, 15) is 13.6 Å². The molecule has 2 N–H and O–H groups in total. The lowest BCUT2D eigenvalue weighted by molar-refractivity contribution is 0.0980. The highest BCUT2D eigenvalue weighted by Gasteiger charge is 2.22. The number of hydrogen-bond donors (Lipinski definition) is 1. The fourth-order valence-corrected chi connectivity index (χ4v) is 1.25. The molecule has 0 aromatic carbocycles. The van der Waals surface area contributed by atoms with E-state index in [0.717, 1.165) is 6.07 Å². The molecule has 0 unspecified atom stereocenters. The SMILES string of the molecule is N#Cc1cc(Cl)c(C(F)F)c(C(N)=O)n1. The molecule has 1 amide bonds. The number of nitriles is 1. The van der Waals surface area contributed by atoms with Crippen molar-refractivity contribution in [3.8, 4) is 6.07 Å². The molecule has 7 heteroatoms. The second-order valence-electron chi connectivity index (χ2n) is 2.53. The predicted octanol–water partition coefficient (Wildman–Crippen LogP) is 1.64. The summed E-state index contributed by atoms with van der Waals surface area (Å²) in [5.74, 6) is -1.15. The minimum atomic E-state index is -2.97. The van der Waals surface area contributed by atoms with Gasteiger partial charge in [-0.05, 0) is 6.07 Å². The third kappa shape index (κ3) is 2.19. The Kier molecular flexibility index (Phi) is 3.17. The molecule has 78 valence electrons. The van der Waals surface area contributed by atoms with E-state index >= 15 is 0 Å². The van der Waals surface area contributed by atoms with Crippen LogP contribution in [-0.2, 0) is 0 Å². The van der Waals surface area contributed by atoms with E-state index in [2.05, 4.69) is 4.98 Å². The van der Waals surface area contributed by atoms with Crippen LogP contribution in [-0.4, -0.2) is 10.9 Å². The van der Waals surface area contributed by atoms with Crippen LogP contribution in [0.15, 0.2) is 6.07 Å². The number of primary amides is 1. The van der Waals surface area contributed by atoms with Crippen LogP contribution in [0.5, 0.6) is 0 Å². The quantitative estimate of drug-likeness (QED) is 0.840. The number of carbonyl (C=O) groups excluding carboxylic acids is 1. The maximum absolute atomic E-state index is 12.5. The smallest absolute Gasteiger partial charge is 0.267 e. The summed E-state index contributed by atoms with van der Waals surface area (Å²) in [4.78, 5) is 14.2. The van der Waals surface area contributed by atoms with E-state index in [1.807, 2.05) is 0 Å². The van der Waals surface area contributed by atoms with Crippen LogP contribution < -0.4 is 5.73 Å². The number of nitrogens with two attached hydrogens (primary N) is 1. The van der Waals surface area contributed by atoms with Crippen molar-refractivity contribution in [2.45, 2.75) is 6.43 Å². The number of amides is 1. The minimum Gasteiger partial charge on any atom is -0.364 e. The van der Waals surface area contributed by atoms with Crippen molar-refractivity contribution >= 4 is 17.5 Å². The number of aromatic nitrogens is 1. The molecule has 1 aromatic rings. The van der Waals surface area contributed by atoms with Gasteiger partial charge in [-0.2, -0.15) is 5.26 Å². The Morgan fingerprint density at radius 1 is 1.67 bits per heavy atom. The maximum Gasteiger partial charge on any atom is 0.267 e. The highest BCUT2D eigenvalue weighted by atomic mass is 35.5. The van der Waals surface area contributed by atoms with Crippen LogP contribution in [0.2, 0.25) is 5.02 Å². The zero-order valence-corrected chi connectivity index (χ0v) is 7.92. The summed E-state index contributed by atoms with van der Waals surface area (Å²) in [5.41, 5.74) is 3.19. The van der Waals surface area contributed by atoms with E-state index in [1.54, 1.807) is 6.07 Å². The fraction of sp³-hybridized carbons (Fsp3) is 0.125. The summed E-state index contributed by atoms with van der Waals surface area (Å²) in [6, 6.07) is 2.53. The van der Waals surface area contributed by atoms with Crippen molar-refractivity contribution in [1.29, 1.82) is 5.26 Å². The molecule has 0 fully saturated rings. The minimum absolute atomic E-state index is 0.238. The van der Waals surface area contributed by atoms with Crippen molar-refractivity contribution < 1.29 is 13.6 Å². The number of halogens is 3. The molecule has 15 heavy (non-hydrogen) atoms. The third-order valence-corrected chi connectivity index (χ3v) is 1.89. The van der Waals surface area contributed by atoms with Gasteiger partial charge in [0.1, 0.15) is 17.5 Å². The summed E-state index contributed by atoms with van der Waals surface area (Å²) in [6.07, 6.45) is -2.97. The fourth-order valence-electron chi connectivity index (χ4n) is 0.977. The average Bonchev–Trinajstić information content (AvgIpc) is 2.15. The second-order valence-corrected chi connectivity index (χ2v) is 2.94. The van der Waals surface area contributed by atoms with E-state index in [1.165, 1.54) is 0 Å². The van der Waals surface area contributed by atoms with Gasteiger partial charge in [-0.15, -0.1) is 0 Å². The van der Waals surface area contributed by atoms with Crippen molar-refractivity contribution in [2.75, 3.05) is 0 Å². The first kappa shape index (κ1) is 11.3. The molecule has 0 saturated heterocycles. The van der Waals surface area contributed by atoms with Crippen molar-refractivity contribution in [3.05, 3.63) is 28.0 Å². The van der Waals surface area contributed by atoms with Gasteiger partial charge < -0.3 is 5.73 Å². The molecular weight excluding hydrogens is 228 g/mol. The second kappa shape index (κ2) is 4.19. The third-order valence-electron chi connectivity index (χ3n) is 1.57. The summed E-state index contributed by atoms with van der Waals surface area (Å²) >= 11 is 5.47. The monoisotopic (exact) mass is 231 g/mol. The number of rotatable bonds is 2. The Morgan fingerprint density at radius 2 is 2.27 bits per heavy atom. The molecule has 0 saturated carbocycles. The van der Waals surface area contributed by atoms with Crippen molar-refractivity contribution in [1.82, 2.24) is 4.98 Å².